The lowest BCUT2D eigenvalue weighted by molar-refractivity contribution is -0.384. The number of nitrogens with one attached hydrogen (secondary N) is 1. The lowest BCUT2D eigenvalue weighted by atomic mass is 10.1. The van der Waals surface area contributed by atoms with E-state index in [1.807, 2.05) is 0 Å². The van der Waals surface area contributed by atoms with Gasteiger partial charge in [0, 0.05) is 17.3 Å². The highest BCUT2D eigenvalue weighted by Gasteiger charge is 2.16. The average Bonchev–Trinajstić information content (AvgIpc) is 2.41. The SMILES string of the molecule is CC(Nc1ccc([N+](=O)[O-])c(Cl)c1)c1cccc(F)c1F. The van der Waals surface area contributed by atoms with E-state index in [0.717, 1.165) is 6.07 Å². The third kappa shape index (κ3) is 3.28. The van der Waals surface area contributed by atoms with Gasteiger partial charge in [0.25, 0.3) is 5.69 Å². The lowest BCUT2D eigenvalue weighted by Gasteiger charge is -2.16. The van der Waals surface area contributed by atoms with Crippen LogP contribution < -0.4 is 5.32 Å². The molecule has 0 saturated carbocycles. The highest BCUT2D eigenvalue weighted by Crippen LogP contribution is 2.29. The topological polar surface area (TPSA) is 55.2 Å². The molecule has 2 aromatic carbocycles. The minimum absolute atomic E-state index is 0.0306. The van der Waals surface area contributed by atoms with E-state index in [4.69, 9.17) is 11.6 Å². The molecule has 0 aliphatic heterocycles. The molecular weight excluding hydrogens is 302 g/mol. The summed E-state index contributed by atoms with van der Waals surface area (Å²) in [6.45, 7) is 1.65. The zero-order chi connectivity index (χ0) is 15.6. The highest BCUT2D eigenvalue weighted by molar-refractivity contribution is 6.32. The van der Waals surface area contributed by atoms with Gasteiger partial charge in [0.05, 0.1) is 11.0 Å². The summed E-state index contributed by atoms with van der Waals surface area (Å²) in [5.74, 6) is -1.85. The molecule has 1 atom stereocenters. The fourth-order valence-corrected chi connectivity index (χ4v) is 2.18. The van der Waals surface area contributed by atoms with Crippen molar-refractivity contribution in [3.63, 3.8) is 0 Å². The molecule has 2 rings (SSSR count). The van der Waals surface area contributed by atoms with Crippen LogP contribution in [0.4, 0.5) is 20.2 Å². The van der Waals surface area contributed by atoms with Crippen LogP contribution in [0.1, 0.15) is 18.5 Å². The van der Waals surface area contributed by atoms with Crippen molar-refractivity contribution in [1.29, 1.82) is 0 Å². The van der Waals surface area contributed by atoms with Crippen molar-refractivity contribution >= 4 is 23.0 Å². The molecule has 0 fully saturated rings. The Balaban J connectivity index is 2.24. The summed E-state index contributed by atoms with van der Waals surface area (Å²) in [6.07, 6.45) is 0. The summed E-state index contributed by atoms with van der Waals surface area (Å²) in [7, 11) is 0. The van der Waals surface area contributed by atoms with Gasteiger partial charge in [-0.25, -0.2) is 8.78 Å². The van der Waals surface area contributed by atoms with Crippen LogP contribution in [0.15, 0.2) is 36.4 Å². The minimum atomic E-state index is -0.928. The molecular formula is C14H11ClF2N2O2. The summed E-state index contributed by atoms with van der Waals surface area (Å²) in [5, 5.41) is 13.6. The first-order valence-corrected chi connectivity index (χ1v) is 6.42. The summed E-state index contributed by atoms with van der Waals surface area (Å²) in [5.41, 5.74) is 0.415. The van der Waals surface area contributed by atoms with Gasteiger partial charge in [-0.15, -0.1) is 0 Å². The Morgan fingerprint density at radius 2 is 2.00 bits per heavy atom. The van der Waals surface area contributed by atoms with Crippen molar-refractivity contribution in [3.8, 4) is 0 Å². The Labute approximate surface area is 124 Å². The van der Waals surface area contributed by atoms with E-state index >= 15 is 0 Å². The zero-order valence-electron chi connectivity index (χ0n) is 10.9. The molecule has 2 aromatic rings. The molecule has 21 heavy (non-hydrogen) atoms. The summed E-state index contributed by atoms with van der Waals surface area (Å²) in [6, 6.07) is 7.45. The molecule has 0 radical (unpaired) electrons. The zero-order valence-corrected chi connectivity index (χ0v) is 11.7. The van der Waals surface area contributed by atoms with E-state index in [9.17, 15) is 18.9 Å². The van der Waals surface area contributed by atoms with E-state index in [1.165, 1.54) is 30.3 Å². The second-order valence-corrected chi connectivity index (χ2v) is 4.84. The quantitative estimate of drug-likeness (QED) is 0.657. The van der Waals surface area contributed by atoms with Gasteiger partial charge in [0.1, 0.15) is 5.02 Å². The molecule has 7 heteroatoms. The van der Waals surface area contributed by atoms with Gasteiger partial charge in [0.2, 0.25) is 0 Å². The van der Waals surface area contributed by atoms with Gasteiger partial charge in [-0.2, -0.15) is 0 Å². The Hall–Kier alpha value is -2.21. The van der Waals surface area contributed by atoms with Crippen molar-refractivity contribution in [2.45, 2.75) is 13.0 Å². The van der Waals surface area contributed by atoms with E-state index < -0.39 is 22.6 Å². The van der Waals surface area contributed by atoms with Crippen LogP contribution in [0.25, 0.3) is 0 Å². The fourth-order valence-electron chi connectivity index (χ4n) is 1.93. The van der Waals surface area contributed by atoms with E-state index in [1.54, 1.807) is 6.92 Å². The maximum atomic E-state index is 13.7. The predicted molar refractivity (Wildman–Crippen MR) is 76.5 cm³/mol. The predicted octanol–water partition coefficient (Wildman–Crippen LogP) is 4.70. The van der Waals surface area contributed by atoms with Crippen molar-refractivity contribution in [3.05, 3.63) is 68.7 Å². The molecule has 0 spiro atoms. The number of nitrogens with zero attached hydrogens (tertiary/aromatic N) is 1. The first-order chi connectivity index (χ1) is 9.90. The number of nitro benzene ring substituents is 1. The highest BCUT2D eigenvalue weighted by atomic mass is 35.5. The third-order valence-electron chi connectivity index (χ3n) is 2.98. The van der Waals surface area contributed by atoms with Gasteiger partial charge in [-0.1, -0.05) is 23.7 Å². The molecule has 0 amide bonds. The summed E-state index contributed by atoms with van der Waals surface area (Å²) < 4.78 is 26.9. The molecule has 0 aliphatic rings. The Kier molecular flexibility index (Phi) is 4.37. The Morgan fingerprint density at radius 1 is 1.29 bits per heavy atom. The van der Waals surface area contributed by atoms with Crippen molar-refractivity contribution in [1.82, 2.24) is 0 Å². The first-order valence-electron chi connectivity index (χ1n) is 6.04. The van der Waals surface area contributed by atoms with Crippen LogP contribution in [0, 0.1) is 21.7 Å². The van der Waals surface area contributed by atoms with Crippen LogP contribution in [0.2, 0.25) is 5.02 Å². The van der Waals surface area contributed by atoms with Gasteiger partial charge in [0.15, 0.2) is 11.6 Å². The molecule has 0 aromatic heterocycles. The first kappa shape index (κ1) is 15.2. The molecule has 1 unspecified atom stereocenters. The van der Waals surface area contributed by atoms with Crippen LogP contribution in [0.3, 0.4) is 0 Å². The Morgan fingerprint density at radius 3 is 2.62 bits per heavy atom. The molecule has 110 valence electrons. The van der Waals surface area contributed by atoms with E-state index in [-0.39, 0.29) is 16.3 Å². The molecule has 0 bridgehead atoms. The lowest BCUT2D eigenvalue weighted by Crippen LogP contribution is -2.09. The smallest absolute Gasteiger partial charge is 0.288 e. The van der Waals surface area contributed by atoms with Crippen molar-refractivity contribution in [2.24, 2.45) is 0 Å². The number of nitro groups is 1. The monoisotopic (exact) mass is 312 g/mol. The maximum Gasteiger partial charge on any atom is 0.288 e. The van der Waals surface area contributed by atoms with Crippen molar-refractivity contribution in [2.75, 3.05) is 5.32 Å². The second kappa shape index (κ2) is 6.05. The van der Waals surface area contributed by atoms with Gasteiger partial charge >= 0.3 is 0 Å². The Bertz CT molecular complexity index is 695. The third-order valence-corrected chi connectivity index (χ3v) is 3.28. The minimum Gasteiger partial charge on any atom is -0.378 e. The van der Waals surface area contributed by atoms with Crippen LogP contribution >= 0.6 is 11.6 Å². The van der Waals surface area contributed by atoms with E-state index in [2.05, 4.69) is 5.32 Å². The van der Waals surface area contributed by atoms with Crippen LogP contribution in [-0.2, 0) is 0 Å². The van der Waals surface area contributed by atoms with Crippen molar-refractivity contribution < 1.29 is 13.7 Å². The summed E-state index contributed by atoms with van der Waals surface area (Å²) in [4.78, 5) is 10.1. The van der Waals surface area contributed by atoms with Gasteiger partial charge < -0.3 is 5.32 Å². The molecule has 0 saturated heterocycles. The van der Waals surface area contributed by atoms with Crippen LogP contribution in [0.5, 0.6) is 0 Å². The van der Waals surface area contributed by atoms with E-state index in [0.29, 0.717) is 5.69 Å². The molecule has 0 heterocycles. The standard InChI is InChI=1S/C14H11ClF2N2O2/c1-8(10-3-2-4-12(16)14(10)17)18-9-5-6-13(19(20)21)11(15)7-9/h2-8,18H,1H3. The molecule has 1 N–H and O–H groups in total. The number of halogens is 3. The normalized spacial score (nSPS) is 12.0. The number of benzene rings is 2. The maximum absolute atomic E-state index is 13.7. The fraction of sp³-hybridized carbons (Fsp3) is 0.143. The van der Waals surface area contributed by atoms with Gasteiger partial charge in [-0.05, 0) is 25.1 Å². The molecule has 4 nitrogen and oxygen atoms in total. The van der Waals surface area contributed by atoms with Gasteiger partial charge in [-0.3, -0.25) is 10.1 Å². The second-order valence-electron chi connectivity index (χ2n) is 4.43. The average molecular weight is 313 g/mol. The number of hydrogen-bond acceptors (Lipinski definition) is 3. The molecule has 0 aliphatic carbocycles. The number of anilines is 1. The number of rotatable bonds is 4. The summed E-state index contributed by atoms with van der Waals surface area (Å²) >= 11 is 5.79. The number of hydrogen-bond donors (Lipinski definition) is 1. The largest absolute Gasteiger partial charge is 0.378 e. The van der Waals surface area contributed by atoms with Crippen LogP contribution in [-0.4, -0.2) is 4.92 Å².